The topological polar surface area (TPSA) is 9.86 Å². The standard InChI is InChI=1S/C40H26N2/c1-3-13-27(14-4-1)39-31-18-7-9-20-33(31)40(34-21-10-8-19-32(34)39)42-36-22-12-11-17-30(36)35-26-37-28(25-38(35)42)23-24-41(37)29-15-5-2-6-16-29/h1-26H. The molecule has 0 unspecified atom stereocenters. The van der Waals surface area contributed by atoms with Crippen molar-refractivity contribution >= 4 is 54.3 Å². The molecule has 42 heavy (non-hydrogen) atoms. The fourth-order valence-electron chi connectivity index (χ4n) is 6.91. The highest BCUT2D eigenvalue weighted by Gasteiger charge is 2.21. The molecule has 0 aliphatic heterocycles. The maximum atomic E-state index is 2.50. The third-order valence-corrected chi connectivity index (χ3v) is 8.71. The molecule has 2 heterocycles. The van der Waals surface area contributed by atoms with Crippen LogP contribution in [0.1, 0.15) is 0 Å². The van der Waals surface area contributed by atoms with E-state index in [1.807, 2.05) is 0 Å². The van der Waals surface area contributed by atoms with Gasteiger partial charge in [0.25, 0.3) is 0 Å². The summed E-state index contributed by atoms with van der Waals surface area (Å²) in [4.78, 5) is 0. The molecule has 0 fully saturated rings. The van der Waals surface area contributed by atoms with Crippen LogP contribution in [0.3, 0.4) is 0 Å². The number of rotatable bonds is 3. The molecule has 0 radical (unpaired) electrons. The lowest BCUT2D eigenvalue weighted by atomic mass is 9.90. The summed E-state index contributed by atoms with van der Waals surface area (Å²) in [6.07, 6.45) is 2.19. The maximum absolute atomic E-state index is 2.50. The third-order valence-electron chi connectivity index (χ3n) is 8.71. The summed E-state index contributed by atoms with van der Waals surface area (Å²) in [5.74, 6) is 0. The number of hydrogen-bond acceptors (Lipinski definition) is 0. The monoisotopic (exact) mass is 534 g/mol. The second-order valence-corrected chi connectivity index (χ2v) is 11.0. The van der Waals surface area contributed by atoms with Crippen LogP contribution in [0, 0.1) is 0 Å². The molecule has 0 bridgehead atoms. The van der Waals surface area contributed by atoms with Gasteiger partial charge in [0.05, 0.1) is 22.2 Å². The van der Waals surface area contributed by atoms with Gasteiger partial charge in [0.2, 0.25) is 0 Å². The third kappa shape index (κ3) is 3.27. The molecule has 7 aromatic carbocycles. The van der Waals surface area contributed by atoms with Crippen LogP contribution in [-0.4, -0.2) is 9.13 Å². The van der Waals surface area contributed by atoms with Gasteiger partial charge in [-0.25, -0.2) is 0 Å². The minimum absolute atomic E-state index is 1.17. The lowest BCUT2D eigenvalue weighted by Crippen LogP contribution is -1.99. The van der Waals surface area contributed by atoms with E-state index in [0.29, 0.717) is 0 Å². The molecule has 0 N–H and O–H groups in total. The molecule has 196 valence electrons. The summed E-state index contributed by atoms with van der Waals surface area (Å²) < 4.78 is 4.80. The first-order valence-corrected chi connectivity index (χ1v) is 14.5. The Balaban J connectivity index is 1.45. The lowest BCUT2D eigenvalue weighted by molar-refractivity contribution is 1.13. The van der Waals surface area contributed by atoms with E-state index in [0.717, 1.165) is 0 Å². The number of fused-ring (bicyclic) bond motifs is 6. The Morgan fingerprint density at radius 2 is 0.952 bits per heavy atom. The molecule has 0 atom stereocenters. The van der Waals surface area contributed by atoms with Crippen LogP contribution in [-0.2, 0) is 0 Å². The fourth-order valence-corrected chi connectivity index (χ4v) is 6.91. The maximum Gasteiger partial charge on any atom is 0.0619 e. The van der Waals surface area contributed by atoms with Crippen molar-refractivity contribution in [2.75, 3.05) is 0 Å². The zero-order valence-electron chi connectivity index (χ0n) is 22.9. The molecule has 0 saturated carbocycles. The average molecular weight is 535 g/mol. The smallest absolute Gasteiger partial charge is 0.0619 e. The molecule has 0 aliphatic rings. The van der Waals surface area contributed by atoms with E-state index in [-0.39, 0.29) is 0 Å². The molecule has 2 heteroatoms. The van der Waals surface area contributed by atoms with E-state index in [1.165, 1.54) is 76.8 Å². The minimum Gasteiger partial charge on any atom is -0.317 e. The number of benzene rings is 7. The first-order valence-electron chi connectivity index (χ1n) is 14.5. The number of hydrogen-bond donors (Lipinski definition) is 0. The molecular weight excluding hydrogens is 508 g/mol. The van der Waals surface area contributed by atoms with Gasteiger partial charge in [-0.2, -0.15) is 0 Å². The van der Waals surface area contributed by atoms with Gasteiger partial charge < -0.3 is 9.13 Å². The van der Waals surface area contributed by atoms with Gasteiger partial charge in [0.15, 0.2) is 0 Å². The van der Waals surface area contributed by atoms with E-state index in [9.17, 15) is 0 Å². The summed E-state index contributed by atoms with van der Waals surface area (Å²) in [6.45, 7) is 0. The van der Waals surface area contributed by atoms with E-state index in [2.05, 4.69) is 167 Å². The second-order valence-electron chi connectivity index (χ2n) is 11.0. The van der Waals surface area contributed by atoms with Gasteiger partial charge in [-0.3, -0.25) is 0 Å². The van der Waals surface area contributed by atoms with Gasteiger partial charge in [0.1, 0.15) is 0 Å². The number of aromatic nitrogens is 2. The van der Waals surface area contributed by atoms with E-state index in [1.54, 1.807) is 0 Å². The molecule has 0 saturated heterocycles. The van der Waals surface area contributed by atoms with Crippen molar-refractivity contribution in [1.82, 2.24) is 9.13 Å². The molecule has 2 nitrogen and oxygen atoms in total. The number of nitrogens with zero attached hydrogens (tertiary/aromatic N) is 2. The first kappa shape index (κ1) is 23.1. The zero-order valence-corrected chi connectivity index (χ0v) is 22.9. The predicted octanol–water partition coefficient (Wildman–Crippen LogP) is 10.7. The Kier molecular flexibility index (Phi) is 4.93. The van der Waals surface area contributed by atoms with Crippen LogP contribution < -0.4 is 0 Å². The highest BCUT2D eigenvalue weighted by atomic mass is 15.0. The van der Waals surface area contributed by atoms with Crippen molar-refractivity contribution in [3.8, 4) is 22.5 Å². The normalized spacial score (nSPS) is 11.8. The molecule has 9 aromatic rings. The second kappa shape index (κ2) is 8.95. The highest BCUT2D eigenvalue weighted by Crippen LogP contribution is 2.44. The largest absolute Gasteiger partial charge is 0.317 e. The van der Waals surface area contributed by atoms with Crippen molar-refractivity contribution in [1.29, 1.82) is 0 Å². The van der Waals surface area contributed by atoms with Gasteiger partial charge in [-0.1, -0.05) is 115 Å². The minimum atomic E-state index is 1.17. The van der Waals surface area contributed by atoms with Crippen molar-refractivity contribution in [3.05, 3.63) is 158 Å². The van der Waals surface area contributed by atoms with Crippen molar-refractivity contribution < 1.29 is 0 Å². The summed E-state index contributed by atoms with van der Waals surface area (Å²) in [7, 11) is 0. The molecule has 2 aromatic heterocycles. The Morgan fingerprint density at radius 1 is 0.381 bits per heavy atom. The first-order chi connectivity index (χ1) is 20.9. The van der Waals surface area contributed by atoms with Crippen LogP contribution >= 0.6 is 0 Å². The van der Waals surface area contributed by atoms with E-state index in [4.69, 9.17) is 0 Å². The molecule has 0 aliphatic carbocycles. The quantitative estimate of drug-likeness (QED) is 0.200. The van der Waals surface area contributed by atoms with Gasteiger partial charge in [-0.15, -0.1) is 0 Å². The van der Waals surface area contributed by atoms with Crippen LogP contribution in [0.2, 0.25) is 0 Å². The highest BCUT2D eigenvalue weighted by molar-refractivity contribution is 6.21. The van der Waals surface area contributed by atoms with Crippen LogP contribution in [0.25, 0.3) is 76.8 Å². The fraction of sp³-hybridized carbons (Fsp3) is 0. The molecule has 0 spiro atoms. The van der Waals surface area contributed by atoms with Crippen molar-refractivity contribution in [3.63, 3.8) is 0 Å². The Labute approximate surface area is 243 Å². The SMILES string of the molecule is c1ccc(-c2c3ccccc3c(-n3c4ccccc4c4cc5c(ccn5-c5ccccc5)cc43)c3ccccc23)cc1. The van der Waals surface area contributed by atoms with Crippen LogP contribution in [0.5, 0.6) is 0 Å². The molecule has 9 rings (SSSR count). The summed E-state index contributed by atoms with van der Waals surface area (Å²) in [6, 6.07) is 55.0. The average Bonchev–Trinajstić information content (AvgIpc) is 3.62. The van der Waals surface area contributed by atoms with E-state index >= 15 is 0 Å². The Morgan fingerprint density at radius 3 is 1.64 bits per heavy atom. The van der Waals surface area contributed by atoms with E-state index < -0.39 is 0 Å². The van der Waals surface area contributed by atoms with Gasteiger partial charge >= 0.3 is 0 Å². The van der Waals surface area contributed by atoms with Crippen LogP contribution in [0.4, 0.5) is 0 Å². The zero-order chi connectivity index (χ0) is 27.6. The van der Waals surface area contributed by atoms with Gasteiger partial charge in [0, 0.05) is 38.8 Å². The lowest BCUT2D eigenvalue weighted by Gasteiger charge is -2.19. The Hall–Kier alpha value is -5.60. The number of para-hydroxylation sites is 2. The predicted molar refractivity (Wildman–Crippen MR) is 178 cm³/mol. The van der Waals surface area contributed by atoms with Crippen molar-refractivity contribution in [2.45, 2.75) is 0 Å². The van der Waals surface area contributed by atoms with Crippen LogP contribution in [0.15, 0.2) is 158 Å². The molecular formula is C40H26N2. The van der Waals surface area contributed by atoms with Gasteiger partial charge in [-0.05, 0) is 58.3 Å². The Bertz CT molecular complexity index is 2390. The molecule has 0 amide bonds. The summed E-state index contributed by atoms with van der Waals surface area (Å²) in [5.41, 5.74) is 8.58. The summed E-state index contributed by atoms with van der Waals surface area (Å²) >= 11 is 0. The summed E-state index contributed by atoms with van der Waals surface area (Å²) in [5, 5.41) is 8.77. The van der Waals surface area contributed by atoms with Crippen molar-refractivity contribution in [2.24, 2.45) is 0 Å².